The summed E-state index contributed by atoms with van der Waals surface area (Å²) < 4.78 is 0. The maximum absolute atomic E-state index is 9.26. The zero-order valence-electron chi connectivity index (χ0n) is 11.1. The van der Waals surface area contributed by atoms with E-state index in [1.165, 1.54) is 0 Å². The third-order valence-electron chi connectivity index (χ3n) is 2.33. The summed E-state index contributed by atoms with van der Waals surface area (Å²) in [5, 5.41) is 30.7. The average Bonchev–Trinajstić information content (AvgIpc) is 2.24. The first kappa shape index (κ1) is 16.7. The van der Waals surface area contributed by atoms with Crippen LogP contribution < -0.4 is 5.32 Å². The summed E-state index contributed by atoms with van der Waals surface area (Å²) in [6, 6.07) is 2.57. The molecule has 3 unspecified atom stereocenters. The molecule has 3 N–H and O–H groups in total. The fraction of sp³-hybridized carbons (Fsp3) is 0.917. The topological polar surface area (TPSA) is 76.3 Å². The standard InChI is InChI=1S/C12H24N2O2S/c1-9(2)14-12(4,8-13)5-10(3)17-7-11(16)6-15/h9-11,14-16H,5-7H2,1-4H3. The summed E-state index contributed by atoms with van der Waals surface area (Å²) in [7, 11) is 0. The van der Waals surface area contributed by atoms with Crippen LogP contribution in [-0.4, -0.2) is 45.5 Å². The molecule has 0 aliphatic heterocycles. The van der Waals surface area contributed by atoms with E-state index in [-0.39, 0.29) is 17.9 Å². The molecule has 0 radical (unpaired) electrons. The Morgan fingerprint density at radius 3 is 2.41 bits per heavy atom. The van der Waals surface area contributed by atoms with Crippen LogP contribution in [0.5, 0.6) is 0 Å². The summed E-state index contributed by atoms with van der Waals surface area (Å²) in [5.74, 6) is 0.501. The van der Waals surface area contributed by atoms with Crippen LogP contribution in [-0.2, 0) is 0 Å². The largest absolute Gasteiger partial charge is 0.394 e. The molecule has 4 nitrogen and oxygen atoms in total. The Bertz CT molecular complexity index is 255. The summed E-state index contributed by atoms with van der Waals surface area (Å²) in [6.45, 7) is 7.75. The number of nitrogens with zero attached hydrogens (tertiary/aromatic N) is 1. The van der Waals surface area contributed by atoms with Crippen molar-refractivity contribution in [2.24, 2.45) is 0 Å². The highest BCUT2D eigenvalue weighted by molar-refractivity contribution is 7.99. The highest BCUT2D eigenvalue weighted by Gasteiger charge is 2.27. The van der Waals surface area contributed by atoms with Crippen LogP contribution in [0.1, 0.15) is 34.1 Å². The summed E-state index contributed by atoms with van der Waals surface area (Å²) >= 11 is 1.58. The smallest absolute Gasteiger partial charge is 0.105 e. The van der Waals surface area contributed by atoms with Gasteiger partial charge in [0.2, 0.25) is 0 Å². The van der Waals surface area contributed by atoms with Crippen molar-refractivity contribution in [3.8, 4) is 6.07 Å². The molecule has 0 fully saturated rings. The monoisotopic (exact) mass is 260 g/mol. The number of hydrogen-bond acceptors (Lipinski definition) is 5. The second-order valence-corrected chi connectivity index (χ2v) is 6.40. The van der Waals surface area contributed by atoms with Crippen molar-refractivity contribution in [2.45, 2.75) is 57.1 Å². The first-order chi connectivity index (χ1) is 7.83. The second kappa shape index (κ2) is 7.93. The van der Waals surface area contributed by atoms with Crippen LogP contribution in [0.4, 0.5) is 0 Å². The van der Waals surface area contributed by atoms with E-state index in [0.29, 0.717) is 12.2 Å². The van der Waals surface area contributed by atoms with Crippen LogP contribution >= 0.6 is 11.8 Å². The molecule has 0 aromatic heterocycles. The molecule has 0 rings (SSSR count). The van der Waals surface area contributed by atoms with Crippen LogP contribution in [0.25, 0.3) is 0 Å². The lowest BCUT2D eigenvalue weighted by Crippen LogP contribution is -2.46. The van der Waals surface area contributed by atoms with Gasteiger partial charge in [0, 0.05) is 17.0 Å². The zero-order valence-corrected chi connectivity index (χ0v) is 11.9. The van der Waals surface area contributed by atoms with Crippen LogP contribution in [0, 0.1) is 11.3 Å². The molecule has 100 valence electrons. The van der Waals surface area contributed by atoms with Gasteiger partial charge in [0.15, 0.2) is 0 Å². The van der Waals surface area contributed by atoms with Crippen molar-refractivity contribution in [3.63, 3.8) is 0 Å². The molecule has 0 amide bonds. The predicted octanol–water partition coefficient (Wildman–Crippen LogP) is 1.13. The molecule has 0 aliphatic rings. The van der Waals surface area contributed by atoms with Gasteiger partial charge in [-0.1, -0.05) is 6.92 Å². The van der Waals surface area contributed by atoms with Gasteiger partial charge in [-0.25, -0.2) is 0 Å². The Balaban J connectivity index is 4.15. The van der Waals surface area contributed by atoms with E-state index in [9.17, 15) is 10.4 Å². The molecule has 0 spiro atoms. The molecule has 5 heteroatoms. The van der Waals surface area contributed by atoms with Gasteiger partial charge >= 0.3 is 0 Å². The molecule has 0 aromatic carbocycles. The zero-order chi connectivity index (χ0) is 13.5. The van der Waals surface area contributed by atoms with Crippen LogP contribution in [0.2, 0.25) is 0 Å². The molecule has 0 bridgehead atoms. The van der Waals surface area contributed by atoms with Gasteiger partial charge in [-0.15, -0.1) is 0 Å². The number of rotatable bonds is 8. The van der Waals surface area contributed by atoms with Gasteiger partial charge in [0.25, 0.3) is 0 Å². The van der Waals surface area contributed by atoms with Crippen molar-refractivity contribution in [3.05, 3.63) is 0 Å². The van der Waals surface area contributed by atoms with E-state index < -0.39 is 11.6 Å². The quantitative estimate of drug-likeness (QED) is 0.610. The average molecular weight is 260 g/mol. The molecular weight excluding hydrogens is 236 g/mol. The minimum absolute atomic E-state index is 0.209. The van der Waals surface area contributed by atoms with E-state index in [1.54, 1.807) is 11.8 Å². The minimum atomic E-state index is -0.672. The Morgan fingerprint density at radius 1 is 1.41 bits per heavy atom. The molecule has 0 saturated carbocycles. The number of thioether (sulfide) groups is 1. The molecular formula is C12H24N2O2S. The fourth-order valence-corrected chi connectivity index (χ4v) is 2.84. The van der Waals surface area contributed by atoms with E-state index in [2.05, 4.69) is 11.4 Å². The summed E-state index contributed by atoms with van der Waals surface area (Å²) in [6.07, 6.45) is 0.0404. The van der Waals surface area contributed by atoms with E-state index in [0.717, 1.165) is 0 Å². The molecule has 0 heterocycles. The lowest BCUT2D eigenvalue weighted by Gasteiger charge is -2.28. The van der Waals surface area contributed by atoms with Gasteiger partial charge in [-0.2, -0.15) is 17.0 Å². The third-order valence-corrected chi connectivity index (χ3v) is 3.65. The summed E-state index contributed by atoms with van der Waals surface area (Å²) in [5.41, 5.74) is -0.537. The van der Waals surface area contributed by atoms with Crippen LogP contribution in [0.3, 0.4) is 0 Å². The maximum atomic E-state index is 9.26. The Kier molecular flexibility index (Phi) is 7.80. The van der Waals surface area contributed by atoms with Gasteiger partial charge < -0.3 is 10.2 Å². The minimum Gasteiger partial charge on any atom is -0.394 e. The third kappa shape index (κ3) is 7.61. The SMILES string of the molecule is CC(C)NC(C)(C#N)CC(C)SCC(O)CO. The summed E-state index contributed by atoms with van der Waals surface area (Å²) in [4.78, 5) is 0. The molecule has 0 aliphatic carbocycles. The molecule has 0 saturated heterocycles. The van der Waals surface area contributed by atoms with E-state index >= 15 is 0 Å². The van der Waals surface area contributed by atoms with Crippen molar-refractivity contribution in [1.82, 2.24) is 5.32 Å². The van der Waals surface area contributed by atoms with Crippen molar-refractivity contribution in [2.75, 3.05) is 12.4 Å². The number of nitriles is 1. The number of aliphatic hydroxyl groups excluding tert-OH is 2. The highest BCUT2D eigenvalue weighted by atomic mass is 32.2. The first-order valence-electron chi connectivity index (χ1n) is 5.92. The van der Waals surface area contributed by atoms with Crippen LogP contribution in [0.15, 0.2) is 0 Å². The van der Waals surface area contributed by atoms with Gasteiger partial charge in [-0.05, 0) is 27.2 Å². The number of nitrogens with one attached hydrogen (secondary N) is 1. The fourth-order valence-electron chi connectivity index (χ4n) is 1.74. The first-order valence-corrected chi connectivity index (χ1v) is 6.97. The molecule has 0 aromatic rings. The van der Waals surface area contributed by atoms with Gasteiger partial charge in [0.05, 0.1) is 18.8 Å². The number of hydrogen-bond donors (Lipinski definition) is 3. The van der Waals surface area contributed by atoms with E-state index in [4.69, 9.17) is 5.11 Å². The lowest BCUT2D eigenvalue weighted by atomic mass is 9.97. The normalized spacial score (nSPS) is 18.5. The van der Waals surface area contributed by atoms with Gasteiger partial charge in [-0.3, -0.25) is 5.32 Å². The highest BCUT2D eigenvalue weighted by Crippen LogP contribution is 2.22. The molecule has 3 atom stereocenters. The van der Waals surface area contributed by atoms with Crippen molar-refractivity contribution < 1.29 is 10.2 Å². The lowest BCUT2D eigenvalue weighted by molar-refractivity contribution is 0.113. The Morgan fingerprint density at radius 2 is 2.00 bits per heavy atom. The van der Waals surface area contributed by atoms with Crippen molar-refractivity contribution in [1.29, 1.82) is 5.26 Å². The molecule has 17 heavy (non-hydrogen) atoms. The Hall–Kier alpha value is -0.280. The number of aliphatic hydroxyl groups is 2. The van der Waals surface area contributed by atoms with Gasteiger partial charge in [0.1, 0.15) is 5.54 Å². The van der Waals surface area contributed by atoms with E-state index in [1.807, 2.05) is 27.7 Å². The second-order valence-electron chi connectivity index (χ2n) is 4.93. The van der Waals surface area contributed by atoms with Crippen molar-refractivity contribution >= 4 is 11.8 Å². The maximum Gasteiger partial charge on any atom is 0.105 e. The predicted molar refractivity (Wildman–Crippen MR) is 71.9 cm³/mol. The Labute approximate surface area is 108 Å².